The van der Waals surface area contributed by atoms with Crippen LogP contribution in [-0.4, -0.2) is 0 Å². The van der Waals surface area contributed by atoms with E-state index in [0.29, 0.717) is 0 Å². The molecule has 2 aliphatic carbocycles. The van der Waals surface area contributed by atoms with Gasteiger partial charge in [0.15, 0.2) is 0 Å². The van der Waals surface area contributed by atoms with E-state index in [0.717, 1.165) is 11.8 Å². The molecule has 0 amide bonds. The zero-order chi connectivity index (χ0) is 10.9. The summed E-state index contributed by atoms with van der Waals surface area (Å²) in [4.78, 5) is 0. The number of hydrogen-bond donors (Lipinski definition) is 0. The zero-order valence-corrected chi connectivity index (χ0v) is 10.1. The van der Waals surface area contributed by atoms with Crippen LogP contribution in [-0.2, 0) is 0 Å². The van der Waals surface area contributed by atoms with Crippen molar-refractivity contribution in [2.45, 2.75) is 57.8 Å². The molecule has 0 aromatic heterocycles. The highest BCUT2D eigenvalue weighted by molar-refractivity contribution is 4.82. The van der Waals surface area contributed by atoms with Crippen LogP contribution in [0.4, 0.5) is 0 Å². The van der Waals surface area contributed by atoms with Crippen molar-refractivity contribution in [3.8, 4) is 0 Å². The lowest BCUT2D eigenvalue weighted by Gasteiger charge is -2.16. The van der Waals surface area contributed by atoms with E-state index < -0.39 is 0 Å². The second-order valence-corrected chi connectivity index (χ2v) is 4.91. The molecule has 2 fully saturated rings. The van der Waals surface area contributed by atoms with Gasteiger partial charge in [0.25, 0.3) is 0 Å². The molecular formula is C15H26. The smallest absolute Gasteiger partial charge is 0.0236 e. The molecule has 0 bridgehead atoms. The molecule has 86 valence electrons. The number of allylic oxidation sites excluding steroid dienone is 2. The van der Waals surface area contributed by atoms with Crippen molar-refractivity contribution in [2.24, 2.45) is 11.8 Å². The Bertz CT molecular complexity index is 168. The maximum absolute atomic E-state index is 3.78. The summed E-state index contributed by atoms with van der Waals surface area (Å²) < 4.78 is 0. The second kappa shape index (κ2) is 7.73. The topological polar surface area (TPSA) is 0 Å². The molecule has 0 N–H and O–H groups in total. The molecule has 2 rings (SSSR count). The maximum Gasteiger partial charge on any atom is -0.0236 e. The average Bonchev–Trinajstić information content (AvgIpc) is 2.84. The molecule has 0 aliphatic heterocycles. The largest absolute Gasteiger partial charge is 0.103 e. The Balaban J connectivity index is 0.000000151. The van der Waals surface area contributed by atoms with Crippen LogP contribution in [0.15, 0.2) is 25.3 Å². The van der Waals surface area contributed by atoms with Gasteiger partial charge in [-0.25, -0.2) is 0 Å². The Morgan fingerprint density at radius 3 is 1.20 bits per heavy atom. The van der Waals surface area contributed by atoms with E-state index in [1.165, 1.54) is 57.8 Å². The van der Waals surface area contributed by atoms with Crippen LogP contribution < -0.4 is 0 Å². The summed E-state index contributed by atoms with van der Waals surface area (Å²) in [5.41, 5.74) is 0. The highest BCUT2D eigenvalue weighted by Crippen LogP contribution is 2.24. The summed E-state index contributed by atoms with van der Waals surface area (Å²) in [6, 6.07) is 0. The Morgan fingerprint density at radius 1 is 0.600 bits per heavy atom. The summed E-state index contributed by atoms with van der Waals surface area (Å²) in [5, 5.41) is 0. The minimum atomic E-state index is 0.851. The Kier molecular flexibility index (Phi) is 6.47. The van der Waals surface area contributed by atoms with Gasteiger partial charge < -0.3 is 0 Å². The number of hydrogen-bond acceptors (Lipinski definition) is 0. The molecule has 2 aliphatic rings. The zero-order valence-electron chi connectivity index (χ0n) is 10.1. The predicted octanol–water partition coefficient (Wildman–Crippen LogP) is 5.12. The fourth-order valence-corrected chi connectivity index (χ4v) is 2.56. The van der Waals surface area contributed by atoms with Gasteiger partial charge in [-0.3, -0.25) is 0 Å². The lowest BCUT2D eigenvalue weighted by atomic mass is 9.90. The lowest BCUT2D eigenvalue weighted by Crippen LogP contribution is -2.01. The van der Waals surface area contributed by atoms with Gasteiger partial charge in [0, 0.05) is 0 Å². The first kappa shape index (κ1) is 12.5. The maximum atomic E-state index is 3.78. The summed E-state index contributed by atoms with van der Waals surface area (Å²) >= 11 is 0. The van der Waals surface area contributed by atoms with Crippen molar-refractivity contribution in [3.63, 3.8) is 0 Å². The van der Waals surface area contributed by atoms with E-state index in [2.05, 4.69) is 25.3 Å². The van der Waals surface area contributed by atoms with Gasteiger partial charge in [-0.1, -0.05) is 44.3 Å². The quantitative estimate of drug-likeness (QED) is 0.550. The average molecular weight is 206 g/mol. The highest BCUT2D eigenvalue weighted by Gasteiger charge is 2.09. The van der Waals surface area contributed by atoms with E-state index in [9.17, 15) is 0 Å². The van der Waals surface area contributed by atoms with Crippen LogP contribution >= 0.6 is 0 Å². The van der Waals surface area contributed by atoms with Crippen molar-refractivity contribution in [1.29, 1.82) is 0 Å². The van der Waals surface area contributed by atoms with Crippen LogP contribution in [0.5, 0.6) is 0 Å². The van der Waals surface area contributed by atoms with E-state index in [4.69, 9.17) is 0 Å². The summed E-state index contributed by atoms with van der Waals surface area (Å²) in [6.45, 7) is 7.53. The van der Waals surface area contributed by atoms with Crippen molar-refractivity contribution >= 4 is 0 Å². The molecule has 0 unspecified atom stereocenters. The van der Waals surface area contributed by atoms with E-state index in [1.807, 2.05) is 0 Å². The summed E-state index contributed by atoms with van der Waals surface area (Å²) in [7, 11) is 0. The molecule has 2 saturated carbocycles. The molecule has 0 nitrogen and oxygen atoms in total. The first-order valence-corrected chi connectivity index (χ1v) is 6.62. The van der Waals surface area contributed by atoms with Gasteiger partial charge in [-0.2, -0.15) is 0 Å². The molecule has 0 spiro atoms. The fourth-order valence-electron chi connectivity index (χ4n) is 2.56. The third kappa shape index (κ3) is 5.20. The Morgan fingerprint density at radius 2 is 0.933 bits per heavy atom. The predicted molar refractivity (Wildman–Crippen MR) is 68.9 cm³/mol. The lowest BCUT2D eigenvalue weighted by molar-refractivity contribution is 0.420. The van der Waals surface area contributed by atoms with Gasteiger partial charge in [-0.15, -0.1) is 13.2 Å². The number of rotatable bonds is 2. The van der Waals surface area contributed by atoms with E-state index in [1.54, 1.807) is 0 Å². The molecule has 0 aromatic carbocycles. The minimum Gasteiger partial charge on any atom is -0.103 e. The molecule has 0 saturated heterocycles. The van der Waals surface area contributed by atoms with Crippen LogP contribution in [0.3, 0.4) is 0 Å². The van der Waals surface area contributed by atoms with Gasteiger partial charge in [0.1, 0.15) is 0 Å². The standard InChI is InChI=1S/C8H14.C7H12/c1-2-8-6-4-3-5-7-8;1-2-7-5-3-4-6-7/h2,8H,1,3-7H2;2,7H,1,3-6H2. The van der Waals surface area contributed by atoms with Gasteiger partial charge in [0.05, 0.1) is 0 Å². The Hall–Kier alpha value is -0.520. The van der Waals surface area contributed by atoms with Crippen molar-refractivity contribution in [3.05, 3.63) is 25.3 Å². The van der Waals surface area contributed by atoms with Crippen molar-refractivity contribution < 1.29 is 0 Å². The third-order valence-electron chi connectivity index (χ3n) is 3.72. The molecule has 0 heterocycles. The van der Waals surface area contributed by atoms with Gasteiger partial charge in [-0.05, 0) is 37.5 Å². The van der Waals surface area contributed by atoms with Crippen LogP contribution in [0, 0.1) is 11.8 Å². The van der Waals surface area contributed by atoms with Crippen LogP contribution in [0.1, 0.15) is 57.8 Å². The van der Waals surface area contributed by atoms with E-state index >= 15 is 0 Å². The minimum absolute atomic E-state index is 0.851. The fraction of sp³-hybridized carbons (Fsp3) is 0.733. The molecule has 0 aromatic rings. The molecule has 0 heteroatoms. The van der Waals surface area contributed by atoms with E-state index in [-0.39, 0.29) is 0 Å². The SMILES string of the molecule is C=CC1CCCC1.C=CC1CCCCC1. The second-order valence-electron chi connectivity index (χ2n) is 4.91. The first-order chi connectivity index (χ1) is 7.36. The van der Waals surface area contributed by atoms with Gasteiger partial charge in [0.2, 0.25) is 0 Å². The molecule has 0 atom stereocenters. The van der Waals surface area contributed by atoms with Crippen molar-refractivity contribution in [1.82, 2.24) is 0 Å². The molecule has 15 heavy (non-hydrogen) atoms. The monoisotopic (exact) mass is 206 g/mol. The van der Waals surface area contributed by atoms with Crippen LogP contribution in [0.25, 0.3) is 0 Å². The Labute approximate surface area is 95.5 Å². The van der Waals surface area contributed by atoms with Crippen LogP contribution in [0.2, 0.25) is 0 Å². The highest BCUT2D eigenvalue weighted by atomic mass is 14.1. The molecule has 0 radical (unpaired) electrons. The third-order valence-corrected chi connectivity index (χ3v) is 3.72. The first-order valence-electron chi connectivity index (χ1n) is 6.62. The normalized spacial score (nSPS) is 22.9. The molecular weight excluding hydrogens is 180 g/mol. The van der Waals surface area contributed by atoms with Crippen molar-refractivity contribution in [2.75, 3.05) is 0 Å². The summed E-state index contributed by atoms with van der Waals surface area (Å²) in [5.74, 6) is 1.71. The summed E-state index contributed by atoms with van der Waals surface area (Å²) in [6.07, 6.45) is 16.9. The van der Waals surface area contributed by atoms with Gasteiger partial charge >= 0.3 is 0 Å².